The van der Waals surface area contributed by atoms with E-state index in [0.717, 1.165) is 48.5 Å². The van der Waals surface area contributed by atoms with Crippen molar-refractivity contribution in [2.24, 2.45) is 5.92 Å². The fourth-order valence-electron chi connectivity index (χ4n) is 4.04. The molecule has 0 spiro atoms. The van der Waals surface area contributed by atoms with Crippen LogP contribution in [0.1, 0.15) is 54.4 Å². The van der Waals surface area contributed by atoms with Crippen LogP contribution in [0, 0.1) is 5.92 Å². The van der Waals surface area contributed by atoms with Crippen molar-refractivity contribution < 1.29 is 9.59 Å². The van der Waals surface area contributed by atoms with Crippen molar-refractivity contribution in [2.45, 2.75) is 45.1 Å². The van der Waals surface area contributed by atoms with Crippen LogP contribution in [0.25, 0.3) is 11.3 Å². The first-order chi connectivity index (χ1) is 14.5. The molecule has 5 heteroatoms. The number of aldehydes is 1. The molecule has 1 saturated carbocycles. The molecule has 1 fully saturated rings. The molecule has 1 amide bonds. The minimum absolute atomic E-state index is 0.247. The highest BCUT2D eigenvalue weighted by molar-refractivity contribution is 5.77. The fraction of sp³-hybridized carbons (Fsp3) is 0.480. The molecule has 0 radical (unpaired) electrons. The molecule has 160 valence electrons. The maximum atomic E-state index is 12.9. The summed E-state index contributed by atoms with van der Waals surface area (Å²) in [4.78, 5) is 32.4. The van der Waals surface area contributed by atoms with E-state index in [4.69, 9.17) is 0 Å². The summed E-state index contributed by atoms with van der Waals surface area (Å²) < 4.78 is 0. The lowest BCUT2D eigenvalue weighted by molar-refractivity contribution is -0.132. The van der Waals surface area contributed by atoms with Crippen molar-refractivity contribution in [1.29, 1.82) is 0 Å². The van der Waals surface area contributed by atoms with E-state index in [0.29, 0.717) is 18.5 Å². The average Bonchev–Trinajstić information content (AvgIpc) is 3.29. The number of benzene rings is 1. The third-order valence-electron chi connectivity index (χ3n) is 5.95. The van der Waals surface area contributed by atoms with Crippen LogP contribution in [0.3, 0.4) is 0 Å². The van der Waals surface area contributed by atoms with Gasteiger partial charge in [0.25, 0.3) is 0 Å². The molecule has 1 aliphatic rings. The van der Waals surface area contributed by atoms with Gasteiger partial charge in [0.05, 0.1) is 5.69 Å². The highest BCUT2D eigenvalue weighted by Gasteiger charge is 2.19. The van der Waals surface area contributed by atoms with Gasteiger partial charge in [-0.2, -0.15) is 0 Å². The molecule has 3 rings (SSSR count). The van der Waals surface area contributed by atoms with Crippen LogP contribution in [0.4, 0.5) is 0 Å². The van der Waals surface area contributed by atoms with Gasteiger partial charge in [0.2, 0.25) is 5.91 Å². The lowest BCUT2D eigenvalue weighted by Crippen LogP contribution is -2.36. The van der Waals surface area contributed by atoms with E-state index in [-0.39, 0.29) is 5.91 Å². The molecule has 1 aromatic carbocycles. The summed E-state index contributed by atoms with van der Waals surface area (Å²) in [5.41, 5.74) is 3.53. The van der Waals surface area contributed by atoms with Crippen LogP contribution in [0.5, 0.6) is 0 Å². The third kappa shape index (κ3) is 6.49. The number of rotatable bonds is 10. The zero-order valence-electron chi connectivity index (χ0n) is 18.2. The Hall–Kier alpha value is -2.53. The third-order valence-corrected chi connectivity index (χ3v) is 5.95. The van der Waals surface area contributed by atoms with Crippen molar-refractivity contribution in [3.05, 3.63) is 53.7 Å². The normalized spacial score (nSPS) is 14.2. The number of hydrogen-bond acceptors (Lipinski definition) is 4. The van der Waals surface area contributed by atoms with Crippen LogP contribution in [-0.4, -0.2) is 54.2 Å². The summed E-state index contributed by atoms with van der Waals surface area (Å²) >= 11 is 0. The van der Waals surface area contributed by atoms with Crippen molar-refractivity contribution in [1.82, 2.24) is 14.8 Å². The van der Waals surface area contributed by atoms with Gasteiger partial charge in [-0.15, -0.1) is 0 Å². The largest absolute Gasteiger partial charge is 0.337 e. The summed E-state index contributed by atoms with van der Waals surface area (Å²) in [6.07, 6.45) is 9.56. The summed E-state index contributed by atoms with van der Waals surface area (Å²) in [5.74, 6) is 0.980. The lowest BCUT2D eigenvalue weighted by Gasteiger charge is -2.25. The predicted octanol–water partition coefficient (Wildman–Crippen LogP) is 4.42. The van der Waals surface area contributed by atoms with Gasteiger partial charge in [-0.25, -0.2) is 0 Å². The number of likely N-dealkylation sites (N-methyl/N-ethyl adjacent to an activating group) is 1. The van der Waals surface area contributed by atoms with Gasteiger partial charge in [-0.3, -0.25) is 14.6 Å². The van der Waals surface area contributed by atoms with E-state index in [1.807, 2.05) is 49.5 Å². The van der Waals surface area contributed by atoms with Crippen LogP contribution in [0.15, 0.2) is 42.6 Å². The SMILES string of the molecule is CN(C)CCN(Cc1ccc(-c2ccc(C=O)cc2)nc1)C(=O)CCC1CCCC1. The Morgan fingerprint density at radius 2 is 1.80 bits per heavy atom. The topological polar surface area (TPSA) is 53.5 Å². The number of pyridine rings is 1. The summed E-state index contributed by atoms with van der Waals surface area (Å²) in [7, 11) is 4.07. The number of carbonyl (C=O) groups excluding carboxylic acids is 2. The maximum absolute atomic E-state index is 12.9. The number of nitrogens with zero attached hydrogens (tertiary/aromatic N) is 3. The van der Waals surface area contributed by atoms with E-state index >= 15 is 0 Å². The molecular formula is C25H33N3O2. The molecule has 0 atom stereocenters. The second kappa shape index (κ2) is 11.0. The monoisotopic (exact) mass is 407 g/mol. The molecule has 1 heterocycles. The van der Waals surface area contributed by atoms with E-state index in [9.17, 15) is 9.59 Å². The Morgan fingerprint density at radius 1 is 1.07 bits per heavy atom. The van der Waals surface area contributed by atoms with Crippen LogP contribution < -0.4 is 0 Å². The van der Waals surface area contributed by atoms with Gasteiger partial charge in [-0.05, 0) is 38.1 Å². The van der Waals surface area contributed by atoms with Crippen molar-refractivity contribution >= 4 is 12.2 Å². The highest BCUT2D eigenvalue weighted by Crippen LogP contribution is 2.28. The smallest absolute Gasteiger partial charge is 0.222 e. The Morgan fingerprint density at radius 3 is 2.40 bits per heavy atom. The van der Waals surface area contributed by atoms with Crippen LogP contribution >= 0.6 is 0 Å². The molecule has 1 aromatic heterocycles. The number of carbonyl (C=O) groups is 2. The maximum Gasteiger partial charge on any atom is 0.222 e. The van der Waals surface area contributed by atoms with Gasteiger partial charge in [0.1, 0.15) is 6.29 Å². The number of hydrogen-bond donors (Lipinski definition) is 0. The van der Waals surface area contributed by atoms with E-state index in [2.05, 4.69) is 9.88 Å². The summed E-state index contributed by atoms with van der Waals surface area (Å²) in [5, 5.41) is 0. The van der Waals surface area contributed by atoms with E-state index in [1.54, 1.807) is 12.1 Å². The van der Waals surface area contributed by atoms with E-state index < -0.39 is 0 Å². The van der Waals surface area contributed by atoms with Crippen LogP contribution in [-0.2, 0) is 11.3 Å². The molecule has 0 bridgehead atoms. The Kier molecular flexibility index (Phi) is 8.14. The average molecular weight is 408 g/mol. The Bertz CT molecular complexity index is 809. The first-order valence-electron chi connectivity index (χ1n) is 11.0. The summed E-state index contributed by atoms with van der Waals surface area (Å²) in [6.45, 7) is 2.17. The molecule has 5 nitrogen and oxygen atoms in total. The van der Waals surface area contributed by atoms with Crippen molar-refractivity contribution in [3.63, 3.8) is 0 Å². The molecule has 2 aromatic rings. The van der Waals surface area contributed by atoms with Gasteiger partial charge in [0.15, 0.2) is 0 Å². The molecule has 0 aliphatic heterocycles. The quantitative estimate of drug-likeness (QED) is 0.547. The van der Waals surface area contributed by atoms with Crippen LogP contribution in [0.2, 0.25) is 0 Å². The zero-order chi connectivity index (χ0) is 21.3. The second-order valence-electron chi connectivity index (χ2n) is 8.60. The Labute approximate surface area is 180 Å². The Balaban J connectivity index is 1.63. The molecule has 0 saturated heterocycles. The molecule has 30 heavy (non-hydrogen) atoms. The van der Waals surface area contributed by atoms with E-state index in [1.165, 1.54) is 25.7 Å². The molecule has 0 N–H and O–H groups in total. The fourth-order valence-corrected chi connectivity index (χ4v) is 4.04. The van der Waals surface area contributed by atoms with Gasteiger partial charge in [0, 0.05) is 43.4 Å². The standard InChI is InChI=1S/C25H33N3O2/c1-27(2)15-16-28(25(30)14-10-20-5-3-4-6-20)18-22-9-13-24(26-17-22)23-11-7-21(19-29)8-12-23/h7-9,11-13,17,19-20H,3-6,10,14-16,18H2,1-2H3. The number of aromatic nitrogens is 1. The second-order valence-corrected chi connectivity index (χ2v) is 8.60. The first-order valence-corrected chi connectivity index (χ1v) is 11.0. The summed E-state index contributed by atoms with van der Waals surface area (Å²) in [6, 6.07) is 11.4. The minimum Gasteiger partial charge on any atom is -0.337 e. The molecular weight excluding hydrogens is 374 g/mol. The predicted molar refractivity (Wildman–Crippen MR) is 120 cm³/mol. The van der Waals surface area contributed by atoms with Gasteiger partial charge in [-0.1, -0.05) is 56.0 Å². The molecule has 1 aliphatic carbocycles. The van der Waals surface area contributed by atoms with Crippen molar-refractivity contribution in [2.75, 3.05) is 27.2 Å². The molecule has 0 unspecified atom stereocenters. The zero-order valence-corrected chi connectivity index (χ0v) is 18.2. The number of amides is 1. The van der Waals surface area contributed by atoms with Gasteiger partial charge < -0.3 is 9.80 Å². The van der Waals surface area contributed by atoms with Gasteiger partial charge >= 0.3 is 0 Å². The first kappa shape index (κ1) is 22.2. The minimum atomic E-state index is 0.247. The van der Waals surface area contributed by atoms with Crippen molar-refractivity contribution in [3.8, 4) is 11.3 Å². The lowest BCUT2D eigenvalue weighted by atomic mass is 10.0. The highest BCUT2D eigenvalue weighted by atomic mass is 16.2.